The maximum atomic E-state index is 11.7. The van der Waals surface area contributed by atoms with Gasteiger partial charge in [-0.05, 0) is 24.6 Å². The van der Waals surface area contributed by atoms with Crippen LogP contribution < -0.4 is 9.47 Å². The molecule has 0 unspecified atom stereocenters. The zero-order chi connectivity index (χ0) is 18.7. The first-order valence-corrected chi connectivity index (χ1v) is 9.88. The third kappa shape index (κ3) is 4.32. The highest BCUT2D eigenvalue weighted by molar-refractivity contribution is 7.88. The van der Waals surface area contributed by atoms with Crippen LogP contribution in [0.2, 0.25) is 0 Å². The van der Waals surface area contributed by atoms with E-state index < -0.39 is 16.1 Å². The molecule has 0 amide bonds. The first-order valence-electron chi connectivity index (χ1n) is 8.03. The number of rotatable bonds is 6. The zero-order valence-electron chi connectivity index (χ0n) is 14.8. The lowest BCUT2D eigenvalue weighted by atomic mass is 10.2. The van der Waals surface area contributed by atoms with Crippen LogP contribution in [-0.2, 0) is 21.4 Å². The van der Waals surface area contributed by atoms with Crippen molar-refractivity contribution in [2.45, 2.75) is 19.6 Å². The van der Waals surface area contributed by atoms with Crippen LogP contribution in [0.25, 0.3) is 0 Å². The summed E-state index contributed by atoms with van der Waals surface area (Å²) < 4.78 is 46.8. The number of ether oxygens (including phenoxy) is 3. The minimum atomic E-state index is -3.29. The highest BCUT2D eigenvalue weighted by atomic mass is 32.2. The Morgan fingerprint density at radius 2 is 2.12 bits per heavy atom. The third-order valence-electron chi connectivity index (χ3n) is 3.93. The van der Waals surface area contributed by atoms with E-state index in [0.29, 0.717) is 18.0 Å². The van der Waals surface area contributed by atoms with E-state index in [0.717, 1.165) is 11.8 Å². The van der Waals surface area contributed by atoms with Crippen molar-refractivity contribution in [3.8, 4) is 11.5 Å². The summed E-state index contributed by atoms with van der Waals surface area (Å²) >= 11 is 0. The number of nitrogens with zero attached hydrogens (tertiary/aromatic N) is 3. The van der Waals surface area contributed by atoms with Crippen LogP contribution in [0.3, 0.4) is 0 Å². The van der Waals surface area contributed by atoms with E-state index in [1.165, 1.54) is 4.31 Å². The van der Waals surface area contributed by atoms with Crippen LogP contribution in [0.4, 0.5) is 0 Å². The summed E-state index contributed by atoms with van der Waals surface area (Å²) in [7, 11) is -1.72. The Labute approximate surface area is 151 Å². The molecule has 0 radical (unpaired) electrons. The van der Waals surface area contributed by atoms with Gasteiger partial charge in [-0.25, -0.2) is 8.42 Å². The highest BCUT2D eigenvalue weighted by Gasteiger charge is 2.31. The Hall–Kier alpha value is -2.17. The molecule has 0 N–H and O–H groups in total. The molecule has 1 atom stereocenters. The fraction of sp³-hybridized carbons (Fsp3) is 0.500. The molecule has 10 heteroatoms. The van der Waals surface area contributed by atoms with E-state index in [1.807, 2.05) is 19.1 Å². The summed E-state index contributed by atoms with van der Waals surface area (Å²) in [5.74, 6) is 1.68. The second kappa shape index (κ2) is 7.60. The Morgan fingerprint density at radius 3 is 2.85 bits per heavy atom. The summed E-state index contributed by atoms with van der Waals surface area (Å²) in [5.41, 5.74) is 1.05. The predicted molar refractivity (Wildman–Crippen MR) is 91.5 cm³/mol. The molecule has 9 nitrogen and oxygen atoms in total. The number of methoxy groups -OCH3 is 1. The summed E-state index contributed by atoms with van der Waals surface area (Å²) in [6.07, 6.45) is 0.575. The van der Waals surface area contributed by atoms with Crippen molar-refractivity contribution >= 4 is 10.0 Å². The second-order valence-corrected chi connectivity index (χ2v) is 7.94. The molecule has 0 aliphatic carbocycles. The minimum Gasteiger partial charge on any atom is -0.493 e. The smallest absolute Gasteiger partial charge is 0.254 e. The van der Waals surface area contributed by atoms with Gasteiger partial charge in [0.2, 0.25) is 15.9 Å². The van der Waals surface area contributed by atoms with Gasteiger partial charge in [0.1, 0.15) is 6.10 Å². The van der Waals surface area contributed by atoms with Crippen LogP contribution in [0, 0.1) is 6.92 Å². The van der Waals surface area contributed by atoms with Crippen molar-refractivity contribution in [2.75, 3.05) is 33.1 Å². The number of hydrogen-bond donors (Lipinski definition) is 0. The van der Waals surface area contributed by atoms with Crippen molar-refractivity contribution in [2.24, 2.45) is 0 Å². The molecule has 0 saturated carbocycles. The first kappa shape index (κ1) is 18.6. The second-order valence-electron chi connectivity index (χ2n) is 5.96. The molecule has 1 aliphatic heterocycles. The third-order valence-corrected chi connectivity index (χ3v) is 5.20. The molecule has 142 valence electrons. The molecular weight excluding hydrogens is 362 g/mol. The summed E-state index contributed by atoms with van der Waals surface area (Å²) in [4.78, 5) is 0. The molecule has 3 rings (SSSR count). The number of aryl methyl sites for hydroxylation is 1. The van der Waals surface area contributed by atoms with Crippen LogP contribution in [0.5, 0.6) is 11.5 Å². The Bertz CT molecular complexity index is 867. The Morgan fingerprint density at radius 1 is 1.31 bits per heavy atom. The summed E-state index contributed by atoms with van der Waals surface area (Å²) in [6, 6.07) is 5.58. The zero-order valence-corrected chi connectivity index (χ0v) is 15.7. The lowest BCUT2D eigenvalue weighted by molar-refractivity contribution is -0.0180. The fourth-order valence-electron chi connectivity index (χ4n) is 2.56. The molecule has 2 heterocycles. The molecule has 1 aromatic carbocycles. The molecular formula is C16H21N3O6S. The average molecular weight is 383 g/mol. The minimum absolute atomic E-state index is 0.0644. The van der Waals surface area contributed by atoms with Crippen molar-refractivity contribution in [1.82, 2.24) is 14.5 Å². The summed E-state index contributed by atoms with van der Waals surface area (Å²) in [5, 5.41) is 7.89. The topological polar surface area (TPSA) is 104 Å². The maximum absolute atomic E-state index is 11.7. The van der Waals surface area contributed by atoms with Gasteiger partial charge in [-0.2, -0.15) is 4.31 Å². The lowest BCUT2D eigenvalue weighted by Gasteiger charge is -2.29. The number of benzene rings is 1. The van der Waals surface area contributed by atoms with Gasteiger partial charge >= 0.3 is 0 Å². The normalized spacial score (nSPS) is 18.7. The molecule has 1 aliphatic rings. The number of hydrogen-bond acceptors (Lipinski definition) is 8. The average Bonchev–Trinajstić information content (AvgIpc) is 3.09. The van der Waals surface area contributed by atoms with Crippen LogP contribution >= 0.6 is 0 Å². The standard InChI is InChI=1S/C16H21N3O6S/c1-11-4-5-12(13(8-11)22-2)24-10-15-17-18-16(25-15)14-9-19(6-7-23-14)26(3,20)21/h4-5,8,14H,6-7,9-10H2,1-3H3/t14-/m0/s1. The van der Waals surface area contributed by atoms with Gasteiger partial charge in [-0.3, -0.25) is 0 Å². The van der Waals surface area contributed by atoms with Gasteiger partial charge in [0, 0.05) is 13.1 Å². The highest BCUT2D eigenvalue weighted by Crippen LogP contribution is 2.29. The van der Waals surface area contributed by atoms with Crippen molar-refractivity contribution < 1.29 is 27.0 Å². The van der Waals surface area contributed by atoms with Gasteiger partial charge in [0.05, 0.1) is 20.0 Å². The van der Waals surface area contributed by atoms with E-state index >= 15 is 0 Å². The van der Waals surface area contributed by atoms with E-state index in [4.69, 9.17) is 18.6 Å². The molecule has 1 saturated heterocycles. The first-order chi connectivity index (χ1) is 12.4. The van der Waals surface area contributed by atoms with Crippen LogP contribution in [0.1, 0.15) is 23.4 Å². The molecule has 0 spiro atoms. The monoisotopic (exact) mass is 383 g/mol. The molecule has 26 heavy (non-hydrogen) atoms. The van der Waals surface area contributed by atoms with Gasteiger partial charge in [-0.1, -0.05) is 6.07 Å². The SMILES string of the molecule is COc1cc(C)ccc1OCc1nnc([C@@H]2CN(S(C)(=O)=O)CCO2)o1. The predicted octanol–water partition coefficient (Wildman–Crippen LogP) is 1.30. The van der Waals surface area contributed by atoms with Crippen molar-refractivity contribution in [3.63, 3.8) is 0 Å². The van der Waals surface area contributed by atoms with E-state index in [1.54, 1.807) is 13.2 Å². The van der Waals surface area contributed by atoms with E-state index in [9.17, 15) is 8.42 Å². The van der Waals surface area contributed by atoms with E-state index in [2.05, 4.69) is 10.2 Å². The number of sulfonamides is 1. The number of morpholine rings is 1. The van der Waals surface area contributed by atoms with E-state index in [-0.39, 0.29) is 31.5 Å². The fourth-order valence-corrected chi connectivity index (χ4v) is 3.38. The lowest BCUT2D eigenvalue weighted by Crippen LogP contribution is -2.41. The number of aromatic nitrogens is 2. The largest absolute Gasteiger partial charge is 0.493 e. The van der Waals surface area contributed by atoms with Gasteiger partial charge in [0.15, 0.2) is 18.1 Å². The van der Waals surface area contributed by atoms with Crippen molar-refractivity contribution in [1.29, 1.82) is 0 Å². The van der Waals surface area contributed by atoms with Crippen molar-refractivity contribution in [3.05, 3.63) is 35.5 Å². The van der Waals surface area contributed by atoms with Crippen LogP contribution in [-0.4, -0.2) is 56.0 Å². The molecule has 1 aromatic heterocycles. The Kier molecular flexibility index (Phi) is 5.44. The van der Waals surface area contributed by atoms with Crippen LogP contribution in [0.15, 0.2) is 22.6 Å². The van der Waals surface area contributed by atoms with Gasteiger partial charge in [-0.15, -0.1) is 10.2 Å². The Balaban J connectivity index is 1.65. The molecule has 2 aromatic rings. The molecule has 0 bridgehead atoms. The molecule has 1 fully saturated rings. The van der Waals surface area contributed by atoms with Gasteiger partial charge in [0.25, 0.3) is 5.89 Å². The van der Waals surface area contributed by atoms with Gasteiger partial charge < -0.3 is 18.6 Å². The summed E-state index contributed by atoms with van der Waals surface area (Å²) in [6.45, 7) is 2.75. The quantitative estimate of drug-likeness (QED) is 0.735. The maximum Gasteiger partial charge on any atom is 0.254 e.